The predicted octanol–water partition coefficient (Wildman–Crippen LogP) is 2.02. The van der Waals surface area contributed by atoms with Gasteiger partial charge in [-0.25, -0.2) is 4.98 Å². The van der Waals surface area contributed by atoms with Gasteiger partial charge in [-0.2, -0.15) is 0 Å². The lowest BCUT2D eigenvalue weighted by Crippen LogP contribution is -2.40. The lowest BCUT2D eigenvalue weighted by Gasteiger charge is -2.34. The van der Waals surface area contributed by atoms with Crippen LogP contribution in [0.5, 0.6) is 0 Å². The molecule has 0 bridgehead atoms. The molecule has 1 aromatic rings. The van der Waals surface area contributed by atoms with E-state index in [9.17, 15) is 0 Å². The maximum absolute atomic E-state index is 5.61. The van der Waals surface area contributed by atoms with Crippen LogP contribution in [0.2, 0.25) is 0 Å². The van der Waals surface area contributed by atoms with Crippen molar-refractivity contribution in [2.45, 2.75) is 45.2 Å². The second-order valence-corrected chi connectivity index (χ2v) is 5.61. The van der Waals surface area contributed by atoms with E-state index in [-0.39, 0.29) is 0 Å². The van der Waals surface area contributed by atoms with Gasteiger partial charge in [0.05, 0.1) is 5.01 Å². The molecule has 0 aliphatic carbocycles. The average Bonchev–Trinajstić information content (AvgIpc) is 2.77. The van der Waals surface area contributed by atoms with E-state index < -0.39 is 0 Å². The third kappa shape index (κ3) is 2.81. The molecule has 90 valence electrons. The molecule has 0 spiro atoms. The van der Waals surface area contributed by atoms with Gasteiger partial charge in [0.15, 0.2) is 0 Å². The SMILES string of the molecule is CCN1CCCCC1Cc1ncc(CN)s1. The van der Waals surface area contributed by atoms with Gasteiger partial charge >= 0.3 is 0 Å². The van der Waals surface area contributed by atoms with E-state index in [1.54, 1.807) is 11.3 Å². The molecule has 16 heavy (non-hydrogen) atoms. The standard InChI is InChI=1S/C12H21N3S/c1-2-15-6-4-3-5-10(15)7-12-14-9-11(8-13)16-12/h9-10H,2-8,13H2,1H3. The van der Waals surface area contributed by atoms with Gasteiger partial charge in [-0.1, -0.05) is 13.3 Å². The highest BCUT2D eigenvalue weighted by Gasteiger charge is 2.22. The Morgan fingerprint density at radius 3 is 3.12 bits per heavy atom. The van der Waals surface area contributed by atoms with Gasteiger partial charge in [0.2, 0.25) is 0 Å². The molecule has 0 radical (unpaired) electrons. The van der Waals surface area contributed by atoms with Gasteiger partial charge in [-0.3, -0.25) is 0 Å². The second kappa shape index (κ2) is 5.75. The Morgan fingerprint density at radius 2 is 2.44 bits per heavy atom. The molecular weight excluding hydrogens is 218 g/mol. The zero-order valence-corrected chi connectivity index (χ0v) is 10.8. The van der Waals surface area contributed by atoms with Gasteiger partial charge in [0.1, 0.15) is 0 Å². The van der Waals surface area contributed by atoms with Crippen LogP contribution < -0.4 is 5.73 Å². The summed E-state index contributed by atoms with van der Waals surface area (Å²) in [6, 6.07) is 0.704. The van der Waals surface area contributed by atoms with Crippen molar-refractivity contribution in [3.8, 4) is 0 Å². The molecule has 2 heterocycles. The number of hydrogen-bond donors (Lipinski definition) is 1. The molecule has 0 saturated carbocycles. The van der Waals surface area contributed by atoms with Gasteiger partial charge in [-0.15, -0.1) is 11.3 Å². The molecule has 2 rings (SSSR count). The van der Waals surface area contributed by atoms with Crippen LogP contribution >= 0.6 is 11.3 Å². The highest BCUT2D eigenvalue weighted by molar-refractivity contribution is 7.11. The molecule has 1 fully saturated rings. The fourth-order valence-electron chi connectivity index (χ4n) is 2.45. The predicted molar refractivity (Wildman–Crippen MR) is 68.6 cm³/mol. The first-order valence-corrected chi connectivity index (χ1v) is 7.02. The van der Waals surface area contributed by atoms with Gasteiger partial charge < -0.3 is 10.6 Å². The van der Waals surface area contributed by atoms with E-state index in [0.717, 1.165) is 6.42 Å². The van der Waals surface area contributed by atoms with Crippen molar-refractivity contribution in [1.29, 1.82) is 0 Å². The Labute approximate surface area is 102 Å². The van der Waals surface area contributed by atoms with Crippen LogP contribution in [-0.4, -0.2) is 29.0 Å². The maximum atomic E-state index is 5.61. The van der Waals surface area contributed by atoms with Crippen LogP contribution in [0, 0.1) is 0 Å². The Kier molecular flexibility index (Phi) is 4.32. The number of thiazole rings is 1. The average molecular weight is 239 g/mol. The molecule has 1 aliphatic heterocycles. The van der Waals surface area contributed by atoms with Crippen molar-refractivity contribution in [1.82, 2.24) is 9.88 Å². The number of aromatic nitrogens is 1. The van der Waals surface area contributed by atoms with Crippen molar-refractivity contribution in [3.05, 3.63) is 16.1 Å². The van der Waals surface area contributed by atoms with Crippen molar-refractivity contribution in [2.75, 3.05) is 13.1 Å². The first-order valence-electron chi connectivity index (χ1n) is 6.21. The first kappa shape index (κ1) is 12.0. The summed E-state index contributed by atoms with van der Waals surface area (Å²) in [5.74, 6) is 0. The highest BCUT2D eigenvalue weighted by Crippen LogP contribution is 2.22. The number of rotatable bonds is 4. The lowest BCUT2D eigenvalue weighted by molar-refractivity contribution is 0.155. The van der Waals surface area contributed by atoms with Crippen molar-refractivity contribution in [2.24, 2.45) is 5.73 Å². The molecule has 1 saturated heterocycles. The number of nitrogens with two attached hydrogens (primary N) is 1. The van der Waals surface area contributed by atoms with Crippen LogP contribution in [0.15, 0.2) is 6.20 Å². The number of likely N-dealkylation sites (tertiary alicyclic amines) is 1. The molecule has 1 aromatic heterocycles. The summed E-state index contributed by atoms with van der Waals surface area (Å²) in [5.41, 5.74) is 5.61. The summed E-state index contributed by atoms with van der Waals surface area (Å²) in [6.07, 6.45) is 7.09. The minimum absolute atomic E-state index is 0.625. The van der Waals surface area contributed by atoms with Crippen LogP contribution in [-0.2, 0) is 13.0 Å². The van der Waals surface area contributed by atoms with Crippen molar-refractivity contribution < 1.29 is 0 Å². The van der Waals surface area contributed by atoms with E-state index >= 15 is 0 Å². The zero-order valence-electron chi connectivity index (χ0n) is 9.98. The van der Waals surface area contributed by atoms with Crippen molar-refractivity contribution >= 4 is 11.3 Å². The minimum atomic E-state index is 0.625. The second-order valence-electron chi connectivity index (χ2n) is 4.41. The molecule has 2 N–H and O–H groups in total. The first-order chi connectivity index (χ1) is 7.83. The molecule has 3 nitrogen and oxygen atoms in total. The summed E-state index contributed by atoms with van der Waals surface area (Å²) >= 11 is 1.78. The monoisotopic (exact) mass is 239 g/mol. The fraction of sp³-hybridized carbons (Fsp3) is 0.750. The zero-order chi connectivity index (χ0) is 11.4. The van der Waals surface area contributed by atoms with E-state index in [4.69, 9.17) is 5.73 Å². The minimum Gasteiger partial charge on any atom is -0.326 e. The molecule has 1 unspecified atom stereocenters. The lowest BCUT2D eigenvalue weighted by atomic mass is 10.00. The number of likely N-dealkylation sites (N-methyl/N-ethyl adjacent to an activating group) is 1. The summed E-state index contributed by atoms with van der Waals surface area (Å²) in [6.45, 7) is 5.31. The smallest absolute Gasteiger partial charge is 0.0943 e. The Balaban J connectivity index is 1.96. The summed E-state index contributed by atoms with van der Waals surface area (Å²) in [5, 5.41) is 1.26. The van der Waals surface area contributed by atoms with Crippen LogP contribution in [0.25, 0.3) is 0 Å². The van der Waals surface area contributed by atoms with Crippen LogP contribution in [0.1, 0.15) is 36.1 Å². The number of nitrogens with zero attached hydrogens (tertiary/aromatic N) is 2. The third-order valence-corrected chi connectivity index (χ3v) is 4.41. The molecule has 1 aliphatic rings. The summed E-state index contributed by atoms with van der Waals surface area (Å²) in [7, 11) is 0. The van der Waals surface area contributed by atoms with E-state index in [1.165, 1.54) is 42.2 Å². The Morgan fingerprint density at radius 1 is 1.56 bits per heavy atom. The van der Waals surface area contributed by atoms with Crippen molar-refractivity contribution in [3.63, 3.8) is 0 Å². The van der Waals surface area contributed by atoms with Crippen LogP contribution in [0.3, 0.4) is 0 Å². The van der Waals surface area contributed by atoms with E-state index in [0.29, 0.717) is 12.6 Å². The molecular formula is C12H21N3S. The third-order valence-electron chi connectivity index (χ3n) is 3.37. The normalized spacial score (nSPS) is 22.5. The summed E-state index contributed by atoms with van der Waals surface area (Å²) in [4.78, 5) is 8.25. The topological polar surface area (TPSA) is 42.2 Å². The number of piperidine rings is 1. The van der Waals surface area contributed by atoms with Gasteiger partial charge in [-0.05, 0) is 25.9 Å². The summed E-state index contributed by atoms with van der Waals surface area (Å²) < 4.78 is 0. The molecule has 0 amide bonds. The van der Waals surface area contributed by atoms with Crippen LogP contribution in [0.4, 0.5) is 0 Å². The van der Waals surface area contributed by atoms with E-state index in [2.05, 4.69) is 16.8 Å². The molecule has 0 aromatic carbocycles. The van der Waals surface area contributed by atoms with E-state index in [1.807, 2.05) is 6.20 Å². The fourth-order valence-corrected chi connectivity index (χ4v) is 3.32. The Bertz CT molecular complexity index is 324. The molecule has 4 heteroatoms. The van der Waals surface area contributed by atoms with Gasteiger partial charge in [0, 0.05) is 30.1 Å². The maximum Gasteiger partial charge on any atom is 0.0943 e. The Hall–Kier alpha value is -0.450. The molecule has 1 atom stereocenters. The highest BCUT2D eigenvalue weighted by atomic mass is 32.1. The largest absolute Gasteiger partial charge is 0.326 e. The number of hydrogen-bond acceptors (Lipinski definition) is 4. The quantitative estimate of drug-likeness (QED) is 0.874. The van der Waals surface area contributed by atoms with Gasteiger partial charge in [0.25, 0.3) is 0 Å².